The molecule has 2 rings (SSSR count). The average Bonchev–Trinajstić information content (AvgIpc) is 2.46. The maximum atomic E-state index is 12.5. The zero-order valence-corrected chi connectivity index (χ0v) is 12.5. The number of benzene rings is 2. The molecule has 0 aliphatic rings. The molecule has 0 saturated carbocycles. The fraction of sp³-hybridized carbons (Fsp3) is 0.143. The number of methoxy groups -OCH3 is 1. The third kappa shape index (κ3) is 2.87. The van der Waals surface area contributed by atoms with Gasteiger partial charge < -0.3 is 15.6 Å². The zero-order chi connectivity index (χ0) is 15.6. The Morgan fingerprint density at radius 1 is 1.19 bits per heavy atom. The first kappa shape index (κ1) is 15.0. The highest BCUT2D eigenvalue weighted by Crippen LogP contribution is 2.29. The molecule has 0 aliphatic carbocycles. The lowest BCUT2D eigenvalue weighted by molar-refractivity contribution is 0.416. The Bertz CT molecular complexity index is 759. The topological polar surface area (TPSA) is 92.9 Å². The van der Waals surface area contributed by atoms with Crippen molar-refractivity contribution in [3.8, 4) is 11.5 Å². The minimum absolute atomic E-state index is 0.0104. The smallest absolute Gasteiger partial charge is 0.264 e. The summed E-state index contributed by atoms with van der Waals surface area (Å²) < 4.78 is 31.2. The number of sulfonamides is 1. The van der Waals surface area contributed by atoms with Gasteiger partial charge in [-0.15, -0.1) is 0 Å². The van der Waals surface area contributed by atoms with E-state index in [1.165, 1.54) is 44.5 Å². The third-order valence-electron chi connectivity index (χ3n) is 3.05. The van der Waals surface area contributed by atoms with E-state index in [1.807, 2.05) is 0 Å². The van der Waals surface area contributed by atoms with E-state index >= 15 is 0 Å². The quantitative estimate of drug-likeness (QED) is 0.840. The summed E-state index contributed by atoms with van der Waals surface area (Å²) in [5.41, 5.74) is 6.33. The lowest BCUT2D eigenvalue weighted by Crippen LogP contribution is -2.26. The highest BCUT2D eigenvalue weighted by atomic mass is 32.2. The number of rotatable bonds is 4. The van der Waals surface area contributed by atoms with E-state index in [2.05, 4.69) is 0 Å². The highest BCUT2D eigenvalue weighted by molar-refractivity contribution is 7.92. The van der Waals surface area contributed by atoms with Gasteiger partial charge in [-0.3, -0.25) is 4.31 Å². The molecular formula is C14H16N2O4S. The number of ether oxygens (including phenoxy) is 1. The van der Waals surface area contributed by atoms with Crippen LogP contribution in [0.15, 0.2) is 47.4 Å². The highest BCUT2D eigenvalue weighted by Gasteiger charge is 2.22. The molecule has 112 valence electrons. The van der Waals surface area contributed by atoms with Crippen molar-refractivity contribution in [3.05, 3.63) is 42.5 Å². The predicted molar refractivity (Wildman–Crippen MR) is 81.1 cm³/mol. The van der Waals surface area contributed by atoms with Crippen molar-refractivity contribution in [1.29, 1.82) is 0 Å². The molecule has 3 N–H and O–H groups in total. The van der Waals surface area contributed by atoms with Gasteiger partial charge in [-0.05, 0) is 30.3 Å². The van der Waals surface area contributed by atoms with Crippen molar-refractivity contribution in [2.24, 2.45) is 0 Å². The number of nitrogen functional groups attached to an aromatic ring is 1. The Labute approximate surface area is 123 Å². The molecule has 0 radical (unpaired) electrons. The van der Waals surface area contributed by atoms with Gasteiger partial charge in [-0.25, -0.2) is 8.42 Å². The molecule has 7 heteroatoms. The standard InChI is InChI=1S/C14H16N2O4S/c1-16(10-4-3-5-11(17)8-10)21(18,19)12-6-7-14(20-2)13(15)9-12/h3-9,17H,15H2,1-2H3. The first-order chi connectivity index (χ1) is 9.86. The van der Waals surface area contributed by atoms with Gasteiger partial charge in [0.15, 0.2) is 0 Å². The second-order valence-corrected chi connectivity index (χ2v) is 6.37. The lowest BCUT2D eigenvalue weighted by Gasteiger charge is -2.20. The third-order valence-corrected chi connectivity index (χ3v) is 4.83. The Morgan fingerprint density at radius 3 is 2.48 bits per heavy atom. The van der Waals surface area contributed by atoms with Crippen molar-refractivity contribution in [1.82, 2.24) is 0 Å². The van der Waals surface area contributed by atoms with Gasteiger partial charge >= 0.3 is 0 Å². The van der Waals surface area contributed by atoms with Crippen LogP contribution in [0.1, 0.15) is 0 Å². The number of nitrogens with two attached hydrogens (primary N) is 1. The van der Waals surface area contributed by atoms with Crippen LogP contribution < -0.4 is 14.8 Å². The minimum atomic E-state index is -3.77. The second kappa shape index (κ2) is 5.53. The van der Waals surface area contributed by atoms with E-state index in [9.17, 15) is 13.5 Å². The van der Waals surface area contributed by atoms with E-state index in [1.54, 1.807) is 12.1 Å². The Balaban J connectivity index is 2.44. The van der Waals surface area contributed by atoms with Crippen LogP contribution in [-0.2, 0) is 10.0 Å². The van der Waals surface area contributed by atoms with Crippen molar-refractivity contribution in [2.45, 2.75) is 4.90 Å². The summed E-state index contributed by atoms with van der Waals surface area (Å²) in [6.45, 7) is 0. The maximum Gasteiger partial charge on any atom is 0.264 e. The van der Waals surface area contributed by atoms with Gasteiger partial charge in [0.25, 0.3) is 10.0 Å². The molecule has 0 spiro atoms. The summed E-state index contributed by atoms with van der Waals surface area (Å²) in [5, 5.41) is 9.45. The molecule has 0 amide bonds. The Hall–Kier alpha value is -2.41. The van der Waals surface area contributed by atoms with Gasteiger partial charge in [-0.2, -0.15) is 0 Å². The molecule has 0 bridgehead atoms. The van der Waals surface area contributed by atoms with Gasteiger partial charge in [0.05, 0.1) is 23.4 Å². The van der Waals surface area contributed by atoms with E-state index in [4.69, 9.17) is 10.5 Å². The molecule has 6 nitrogen and oxygen atoms in total. The molecule has 0 atom stereocenters. The molecule has 21 heavy (non-hydrogen) atoms. The molecule has 2 aromatic carbocycles. The molecule has 0 unspecified atom stereocenters. The fourth-order valence-corrected chi connectivity index (χ4v) is 3.08. The first-order valence-corrected chi connectivity index (χ1v) is 7.51. The average molecular weight is 308 g/mol. The van der Waals surface area contributed by atoms with Crippen LogP contribution in [0.25, 0.3) is 0 Å². The molecule has 0 aromatic heterocycles. The summed E-state index contributed by atoms with van der Waals surface area (Å²) in [5.74, 6) is 0.401. The van der Waals surface area contributed by atoms with Crippen molar-refractivity contribution < 1.29 is 18.3 Å². The lowest BCUT2D eigenvalue weighted by atomic mass is 10.3. The van der Waals surface area contributed by atoms with Crippen LogP contribution in [0.2, 0.25) is 0 Å². The molecule has 0 aliphatic heterocycles. The van der Waals surface area contributed by atoms with Gasteiger partial charge in [-0.1, -0.05) is 6.07 Å². The van der Waals surface area contributed by atoms with E-state index < -0.39 is 10.0 Å². The number of phenols is 1. The summed E-state index contributed by atoms with van der Waals surface area (Å²) >= 11 is 0. The Kier molecular flexibility index (Phi) is 3.95. The van der Waals surface area contributed by atoms with Crippen LogP contribution in [0.3, 0.4) is 0 Å². The molecule has 0 heterocycles. The zero-order valence-electron chi connectivity index (χ0n) is 11.6. The van der Waals surface area contributed by atoms with Gasteiger partial charge in [0.2, 0.25) is 0 Å². The van der Waals surface area contributed by atoms with Crippen molar-refractivity contribution >= 4 is 21.4 Å². The second-order valence-electron chi connectivity index (χ2n) is 4.40. The van der Waals surface area contributed by atoms with E-state index in [0.29, 0.717) is 11.4 Å². The van der Waals surface area contributed by atoms with Crippen LogP contribution in [0, 0.1) is 0 Å². The number of anilines is 2. The normalized spacial score (nSPS) is 11.1. The first-order valence-electron chi connectivity index (χ1n) is 6.07. The van der Waals surface area contributed by atoms with Gasteiger partial charge in [0.1, 0.15) is 11.5 Å². The van der Waals surface area contributed by atoms with Crippen molar-refractivity contribution in [3.63, 3.8) is 0 Å². The summed E-state index contributed by atoms with van der Waals surface area (Å²) in [6.07, 6.45) is 0. The minimum Gasteiger partial charge on any atom is -0.508 e. The number of phenolic OH excluding ortho intramolecular Hbond substituents is 1. The largest absolute Gasteiger partial charge is 0.508 e. The van der Waals surface area contributed by atoms with Crippen LogP contribution >= 0.6 is 0 Å². The van der Waals surface area contributed by atoms with Gasteiger partial charge in [0, 0.05) is 13.1 Å². The van der Waals surface area contributed by atoms with Crippen molar-refractivity contribution in [2.75, 3.05) is 24.2 Å². The Morgan fingerprint density at radius 2 is 1.90 bits per heavy atom. The fourth-order valence-electron chi connectivity index (χ4n) is 1.86. The SMILES string of the molecule is COc1ccc(S(=O)(=O)N(C)c2cccc(O)c2)cc1N. The number of aromatic hydroxyl groups is 1. The van der Waals surface area contributed by atoms with E-state index in [-0.39, 0.29) is 16.3 Å². The number of hydrogen-bond acceptors (Lipinski definition) is 5. The molecule has 2 aromatic rings. The number of hydrogen-bond donors (Lipinski definition) is 2. The van der Waals surface area contributed by atoms with Crippen LogP contribution in [0.4, 0.5) is 11.4 Å². The molecule has 0 fully saturated rings. The monoisotopic (exact) mass is 308 g/mol. The summed E-state index contributed by atoms with van der Waals surface area (Å²) in [6, 6.07) is 10.2. The predicted octanol–water partition coefficient (Wildman–Crippen LogP) is 1.81. The van der Waals surface area contributed by atoms with Crippen LogP contribution in [-0.4, -0.2) is 27.7 Å². The van der Waals surface area contributed by atoms with E-state index in [0.717, 1.165) is 4.31 Å². The molecular weight excluding hydrogens is 292 g/mol. The maximum absolute atomic E-state index is 12.5. The summed E-state index contributed by atoms with van der Waals surface area (Å²) in [4.78, 5) is 0.0478. The number of nitrogens with zero attached hydrogens (tertiary/aromatic N) is 1. The summed E-state index contributed by atoms with van der Waals surface area (Å²) in [7, 11) is -0.905. The molecule has 0 saturated heterocycles. The van der Waals surface area contributed by atoms with Crippen LogP contribution in [0.5, 0.6) is 11.5 Å².